The number of aliphatic hydroxyl groups excluding tert-OH is 2. The summed E-state index contributed by atoms with van der Waals surface area (Å²) in [5.41, 5.74) is 3.84. The molecule has 5 nitrogen and oxygen atoms in total. The molecule has 1 heterocycles. The fraction of sp³-hybridized carbons (Fsp3) is 0.344. The summed E-state index contributed by atoms with van der Waals surface area (Å²) in [6, 6.07) is 27.6. The molecule has 3 aromatic rings. The Kier molecular flexibility index (Phi) is 8.15. The van der Waals surface area contributed by atoms with E-state index < -0.39 is 6.10 Å². The van der Waals surface area contributed by atoms with Crippen LogP contribution >= 0.6 is 0 Å². The van der Waals surface area contributed by atoms with E-state index in [0.717, 1.165) is 24.0 Å². The lowest BCUT2D eigenvalue weighted by molar-refractivity contribution is -0.00856. The monoisotopic (exact) mass is 498 g/mol. The Hall–Kier alpha value is -3.25. The fourth-order valence-electron chi connectivity index (χ4n) is 5.61. The van der Waals surface area contributed by atoms with Crippen molar-refractivity contribution in [1.82, 2.24) is 0 Å². The number of carbonyl (C=O) groups is 1. The number of aryl methyl sites for hydroxylation is 1. The topological polar surface area (TPSA) is 76.0 Å². The van der Waals surface area contributed by atoms with Gasteiger partial charge in [-0.25, -0.2) is 4.79 Å². The molecule has 0 radical (unpaired) electrons. The number of ether oxygens (including phenoxy) is 2. The molecule has 2 aliphatic rings. The predicted molar refractivity (Wildman–Crippen MR) is 143 cm³/mol. The van der Waals surface area contributed by atoms with Crippen LogP contribution in [0.2, 0.25) is 0 Å². The molecule has 192 valence electrons. The Balaban J connectivity index is 1.25. The van der Waals surface area contributed by atoms with Crippen molar-refractivity contribution in [3.63, 3.8) is 0 Å². The first kappa shape index (κ1) is 25.4. The number of esters is 1. The molecule has 5 rings (SSSR count). The maximum Gasteiger partial charge on any atom is 0.338 e. The zero-order valence-corrected chi connectivity index (χ0v) is 20.9. The number of hydrogen-bond acceptors (Lipinski definition) is 5. The number of aliphatic hydroxyl groups is 2. The molecule has 0 aromatic heterocycles. The summed E-state index contributed by atoms with van der Waals surface area (Å²) in [4.78, 5) is 13.1. The Morgan fingerprint density at radius 1 is 0.946 bits per heavy atom. The van der Waals surface area contributed by atoms with Gasteiger partial charge < -0.3 is 19.7 Å². The van der Waals surface area contributed by atoms with Gasteiger partial charge in [-0.05, 0) is 54.0 Å². The average Bonchev–Trinajstić information content (AvgIpc) is 3.49. The van der Waals surface area contributed by atoms with Crippen LogP contribution in [0.25, 0.3) is 11.1 Å². The van der Waals surface area contributed by atoms with Gasteiger partial charge in [0.15, 0.2) is 0 Å². The highest BCUT2D eigenvalue weighted by Crippen LogP contribution is 2.45. The van der Waals surface area contributed by atoms with Gasteiger partial charge in [0.25, 0.3) is 0 Å². The molecule has 2 fully saturated rings. The molecule has 1 aliphatic heterocycles. The van der Waals surface area contributed by atoms with Gasteiger partial charge in [-0.2, -0.15) is 0 Å². The van der Waals surface area contributed by atoms with E-state index in [1.54, 1.807) is 12.1 Å². The van der Waals surface area contributed by atoms with E-state index in [1.165, 1.54) is 5.56 Å². The van der Waals surface area contributed by atoms with Crippen LogP contribution in [0.4, 0.5) is 0 Å². The summed E-state index contributed by atoms with van der Waals surface area (Å²) < 4.78 is 12.0. The molecule has 0 bridgehead atoms. The van der Waals surface area contributed by atoms with Gasteiger partial charge in [0.1, 0.15) is 6.10 Å². The molecule has 6 atom stereocenters. The summed E-state index contributed by atoms with van der Waals surface area (Å²) in [7, 11) is 0. The highest BCUT2D eigenvalue weighted by atomic mass is 16.6. The number of carbonyl (C=O) groups excluding carboxylic acids is 1. The minimum atomic E-state index is -0.586. The largest absolute Gasteiger partial charge is 0.458 e. The van der Waals surface area contributed by atoms with Gasteiger partial charge in [0.05, 0.1) is 30.5 Å². The molecule has 1 saturated carbocycles. The first-order valence-corrected chi connectivity index (χ1v) is 13.1. The molecule has 0 spiro atoms. The first-order chi connectivity index (χ1) is 18.1. The molecule has 37 heavy (non-hydrogen) atoms. The van der Waals surface area contributed by atoms with Gasteiger partial charge in [0, 0.05) is 12.3 Å². The van der Waals surface area contributed by atoms with Crippen molar-refractivity contribution in [3.8, 4) is 11.1 Å². The van der Waals surface area contributed by atoms with Crippen LogP contribution in [-0.4, -0.2) is 47.2 Å². The molecule has 3 aromatic carbocycles. The molecule has 1 unspecified atom stereocenters. The van der Waals surface area contributed by atoms with Gasteiger partial charge in [-0.1, -0.05) is 84.9 Å². The third kappa shape index (κ3) is 6.19. The van der Waals surface area contributed by atoms with E-state index in [0.29, 0.717) is 18.4 Å². The van der Waals surface area contributed by atoms with Crippen LogP contribution in [0.3, 0.4) is 0 Å². The number of fused-ring (bicyclic) bond motifs is 1. The van der Waals surface area contributed by atoms with E-state index in [2.05, 4.69) is 12.1 Å². The third-order valence-corrected chi connectivity index (χ3v) is 7.59. The summed E-state index contributed by atoms with van der Waals surface area (Å²) in [6.45, 7) is -0.0125. The molecule has 5 heteroatoms. The highest BCUT2D eigenvalue weighted by molar-refractivity contribution is 5.90. The van der Waals surface area contributed by atoms with E-state index in [1.807, 2.05) is 72.8 Å². The average molecular weight is 499 g/mol. The van der Waals surface area contributed by atoms with Crippen molar-refractivity contribution < 1.29 is 24.5 Å². The second-order valence-corrected chi connectivity index (χ2v) is 10.1. The van der Waals surface area contributed by atoms with Crippen molar-refractivity contribution in [1.29, 1.82) is 0 Å². The van der Waals surface area contributed by atoms with Crippen molar-refractivity contribution >= 4 is 5.97 Å². The quantitative estimate of drug-likeness (QED) is 0.313. The zero-order valence-electron chi connectivity index (χ0n) is 20.9. The number of benzene rings is 3. The lowest BCUT2D eigenvalue weighted by Gasteiger charge is -2.22. The van der Waals surface area contributed by atoms with Gasteiger partial charge >= 0.3 is 5.97 Å². The number of hydrogen-bond donors (Lipinski definition) is 2. The normalized spacial score (nSPS) is 25.7. The Morgan fingerprint density at radius 3 is 2.32 bits per heavy atom. The second kappa shape index (κ2) is 11.9. The van der Waals surface area contributed by atoms with Crippen LogP contribution in [-0.2, 0) is 15.9 Å². The highest BCUT2D eigenvalue weighted by Gasteiger charge is 2.50. The van der Waals surface area contributed by atoms with Gasteiger partial charge in [0.2, 0.25) is 0 Å². The Morgan fingerprint density at radius 2 is 1.62 bits per heavy atom. The van der Waals surface area contributed by atoms with Crippen LogP contribution < -0.4 is 0 Å². The van der Waals surface area contributed by atoms with Crippen molar-refractivity contribution in [2.24, 2.45) is 11.8 Å². The SMILES string of the molecule is O=C(O[C@@H]1C[C@@H]2OC(CO)C[C@@H]2[C@H]1/C=C/[C@@H](O)CCc1ccccc1)c1ccc(-c2ccccc2)cc1. The summed E-state index contributed by atoms with van der Waals surface area (Å²) in [5, 5.41) is 20.2. The van der Waals surface area contributed by atoms with Gasteiger partial charge in [-0.3, -0.25) is 0 Å². The first-order valence-electron chi connectivity index (χ1n) is 13.1. The zero-order chi connectivity index (χ0) is 25.6. The number of rotatable bonds is 9. The second-order valence-electron chi connectivity index (χ2n) is 10.1. The van der Waals surface area contributed by atoms with E-state index in [9.17, 15) is 15.0 Å². The van der Waals surface area contributed by atoms with E-state index >= 15 is 0 Å². The van der Waals surface area contributed by atoms with Crippen LogP contribution in [0.15, 0.2) is 97.1 Å². The molecule has 0 amide bonds. The lowest BCUT2D eigenvalue weighted by Crippen LogP contribution is -2.26. The maximum absolute atomic E-state index is 13.1. The molecular weight excluding hydrogens is 464 g/mol. The van der Waals surface area contributed by atoms with Crippen LogP contribution in [0.1, 0.15) is 35.2 Å². The standard InChI is InChI=1S/C32H34O5/c33-21-27-19-29-28(18-17-26(34)16-11-22-7-3-1-4-8-22)30(20-31(29)36-27)37-32(35)25-14-12-24(13-15-25)23-9-5-2-6-10-23/h1-10,12-15,17-18,26-31,33-34H,11,16,19-21H2/b18-17+/t26-,27?,28+,29+,30+,31-/m0/s1. The van der Waals surface area contributed by atoms with Crippen LogP contribution in [0.5, 0.6) is 0 Å². The van der Waals surface area contributed by atoms with Gasteiger partial charge in [-0.15, -0.1) is 0 Å². The Labute approximate surface area is 218 Å². The summed E-state index contributed by atoms with van der Waals surface area (Å²) in [6.07, 6.45) is 5.37. The Bertz CT molecular complexity index is 1170. The fourth-order valence-corrected chi connectivity index (χ4v) is 5.61. The minimum absolute atomic E-state index is 0.0125. The summed E-state index contributed by atoms with van der Waals surface area (Å²) in [5.74, 6) is -0.278. The van der Waals surface area contributed by atoms with E-state index in [4.69, 9.17) is 9.47 Å². The van der Waals surface area contributed by atoms with Crippen molar-refractivity contribution in [2.75, 3.05) is 6.61 Å². The van der Waals surface area contributed by atoms with Crippen molar-refractivity contribution in [3.05, 3.63) is 108 Å². The lowest BCUT2D eigenvalue weighted by atomic mass is 9.89. The molecule has 2 N–H and O–H groups in total. The van der Waals surface area contributed by atoms with Crippen molar-refractivity contribution in [2.45, 2.75) is 50.1 Å². The summed E-state index contributed by atoms with van der Waals surface area (Å²) >= 11 is 0. The molecule has 1 aliphatic carbocycles. The minimum Gasteiger partial charge on any atom is -0.458 e. The predicted octanol–water partition coefficient (Wildman–Crippen LogP) is 5.21. The molecular formula is C32H34O5. The molecule has 1 saturated heterocycles. The maximum atomic E-state index is 13.1. The van der Waals surface area contributed by atoms with E-state index in [-0.39, 0.29) is 42.7 Å². The van der Waals surface area contributed by atoms with Crippen LogP contribution in [0, 0.1) is 11.8 Å². The third-order valence-electron chi connectivity index (χ3n) is 7.59. The smallest absolute Gasteiger partial charge is 0.338 e.